The van der Waals surface area contributed by atoms with E-state index in [0.717, 1.165) is 0 Å². The second kappa shape index (κ2) is 9.15. The van der Waals surface area contributed by atoms with Crippen LogP contribution in [-0.2, 0) is 4.79 Å². The van der Waals surface area contributed by atoms with Crippen LogP contribution in [0.25, 0.3) is 22.4 Å². The fourth-order valence-electron chi connectivity index (χ4n) is 4.46. The third-order valence-corrected chi connectivity index (χ3v) is 7.10. The smallest absolute Gasteiger partial charge is 0.306 e. The molecule has 9 heteroatoms. The zero-order chi connectivity index (χ0) is 23.8. The number of pyridine rings is 1. The minimum atomic E-state index is -0.745. The number of nitrogens with one attached hydrogen (secondary N) is 1. The number of hydrogen-bond donors (Lipinski definition) is 2. The van der Waals surface area contributed by atoms with Crippen molar-refractivity contribution in [3.63, 3.8) is 0 Å². The molecule has 5 rings (SSSR count). The fraction of sp³-hybridized carbons (Fsp3) is 0.440. The summed E-state index contributed by atoms with van der Waals surface area (Å²) >= 11 is 6.53. The minimum absolute atomic E-state index is 0.0875. The predicted molar refractivity (Wildman–Crippen MR) is 126 cm³/mol. The van der Waals surface area contributed by atoms with E-state index in [0.29, 0.717) is 88.9 Å². The molecule has 34 heavy (non-hydrogen) atoms. The summed E-state index contributed by atoms with van der Waals surface area (Å²) in [6, 6.07) is 9.65. The van der Waals surface area contributed by atoms with Crippen LogP contribution in [0.5, 0.6) is 11.8 Å². The Hall–Kier alpha value is -3.31. The lowest BCUT2D eigenvalue weighted by Gasteiger charge is -2.25. The standard InChI is InChI=1S/C25H25ClN4O4/c1-13-8-17(13)12-33-21-7-4-15(9-16(21)11-27)22-19(26)10-20-23(29-22)30-25(28-20)34-18-5-2-14(3-6-18)24(31)32/h4,7,9-10,13-14,17-18H,2-3,5-6,8,12H2,1H3,(H,31,32)(H,28,29,30)/t13?,14-,17?,18-. The van der Waals surface area contributed by atoms with Gasteiger partial charge in [-0.15, -0.1) is 0 Å². The average molecular weight is 481 g/mol. The van der Waals surface area contributed by atoms with Crippen LogP contribution in [-0.4, -0.2) is 38.7 Å². The number of imidazole rings is 1. The first kappa shape index (κ1) is 22.5. The molecule has 2 heterocycles. The van der Waals surface area contributed by atoms with E-state index in [1.54, 1.807) is 18.2 Å². The highest BCUT2D eigenvalue weighted by atomic mass is 35.5. The normalized spacial score (nSPS) is 23.9. The van der Waals surface area contributed by atoms with Gasteiger partial charge in [0.1, 0.15) is 17.9 Å². The van der Waals surface area contributed by atoms with Crippen molar-refractivity contribution >= 4 is 28.7 Å². The van der Waals surface area contributed by atoms with Gasteiger partial charge in [-0.3, -0.25) is 4.79 Å². The molecule has 2 atom stereocenters. The number of aliphatic carboxylic acids is 1. The Morgan fingerprint density at radius 3 is 2.71 bits per heavy atom. The number of carboxylic acids is 1. The van der Waals surface area contributed by atoms with E-state index in [2.05, 4.69) is 27.9 Å². The minimum Gasteiger partial charge on any atom is -0.492 e. The van der Waals surface area contributed by atoms with Gasteiger partial charge in [-0.1, -0.05) is 18.5 Å². The lowest BCUT2D eigenvalue weighted by molar-refractivity contribution is -0.143. The van der Waals surface area contributed by atoms with Crippen LogP contribution in [0.2, 0.25) is 5.02 Å². The number of benzene rings is 1. The van der Waals surface area contributed by atoms with Crippen molar-refractivity contribution in [3.05, 3.63) is 34.9 Å². The number of H-pyrrole nitrogens is 1. The lowest BCUT2D eigenvalue weighted by atomic mass is 9.87. The summed E-state index contributed by atoms with van der Waals surface area (Å²) in [6.45, 7) is 2.82. The molecule has 2 fully saturated rings. The number of fused-ring (bicyclic) bond motifs is 1. The molecule has 0 amide bonds. The largest absolute Gasteiger partial charge is 0.492 e. The summed E-state index contributed by atoms with van der Waals surface area (Å²) in [5.41, 5.74) is 2.75. The topological polar surface area (TPSA) is 121 Å². The van der Waals surface area contributed by atoms with Gasteiger partial charge < -0.3 is 19.6 Å². The van der Waals surface area contributed by atoms with E-state index in [-0.39, 0.29) is 12.0 Å². The number of halogens is 1. The molecule has 2 unspecified atom stereocenters. The van der Waals surface area contributed by atoms with E-state index in [4.69, 9.17) is 26.2 Å². The van der Waals surface area contributed by atoms with Gasteiger partial charge >= 0.3 is 5.97 Å². The molecule has 2 N–H and O–H groups in total. The molecular formula is C25H25ClN4O4. The Morgan fingerprint density at radius 2 is 2.03 bits per heavy atom. The first-order valence-corrected chi connectivity index (χ1v) is 11.9. The van der Waals surface area contributed by atoms with E-state index in [9.17, 15) is 10.1 Å². The Bertz CT molecular complexity index is 1280. The molecule has 1 aromatic carbocycles. The van der Waals surface area contributed by atoms with E-state index in [1.807, 2.05) is 6.07 Å². The van der Waals surface area contributed by atoms with Crippen molar-refractivity contribution in [2.75, 3.05) is 6.61 Å². The number of hydrogen-bond acceptors (Lipinski definition) is 6. The molecule has 3 aromatic rings. The summed E-state index contributed by atoms with van der Waals surface area (Å²) in [7, 11) is 0. The first-order valence-electron chi connectivity index (χ1n) is 11.5. The molecule has 8 nitrogen and oxygen atoms in total. The fourth-order valence-corrected chi connectivity index (χ4v) is 4.72. The van der Waals surface area contributed by atoms with Gasteiger partial charge in [-0.2, -0.15) is 10.2 Å². The molecular weight excluding hydrogens is 456 g/mol. The van der Waals surface area contributed by atoms with Gasteiger partial charge in [0.25, 0.3) is 6.01 Å². The Labute approximate surface area is 201 Å². The Morgan fingerprint density at radius 1 is 1.26 bits per heavy atom. The van der Waals surface area contributed by atoms with Gasteiger partial charge in [0.2, 0.25) is 0 Å². The zero-order valence-electron chi connectivity index (χ0n) is 18.8. The highest BCUT2D eigenvalue weighted by molar-refractivity contribution is 6.33. The number of rotatable bonds is 7. The first-order chi connectivity index (χ1) is 16.4. The van der Waals surface area contributed by atoms with E-state index in [1.165, 1.54) is 6.42 Å². The van der Waals surface area contributed by atoms with Gasteiger partial charge in [-0.05, 0) is 68.2 Å². The van der Waals surface area contributed by atoms with Crippen LogP contribution < -0.4 is 9.47 Å². The van der Waals surface area contributed by atoms with Crippen LogP contribution in [0.4, 0.5) is 0 Å². The SMILES string of the molecule is CC1CC1COc1ccc(-c2nc3nc(O[C@H]4CC[C@H](C(=O)O)CC4)[nH]c3cc2Cl)cc1C#N. The molecule has 2 aromatic heterocycles. The number of carbonyl (C=O) groups is 1. The molecule has 0 saturated heterocycles. The number of aromatic amines is 1. The van der Waals surface area contributed by atoms with E-state index >= 15 is 0 Å². The number of nitriles is 1. The zero-order valence-corrected chi connectivity index (χ0v) is 19.5. The van der Waals surface area contributed by atoms with Crippen LogP contribution >= 0.6 is 11.6 Å². The van der Waals surface area contributed by atoms with Crippen LogP contribution in [0.1, 0.15) is 44.6 Å². The van der Waals surface area contributed by atoms with Crippen LogP contribution in [0, 0.1) is 29.1 Å². The summed E-state index contributed by atoms with van der Waals surface area (Å²) < 4.78 is 11.8. The molecule has 0 bridgehead atoms. The predicted octanol–water partition coefficient (Wildman–Crippen LogP) is 5.21. The van der Waals surface area contributed by atoms with Gasteiger partial charge in [0, 0.05) is 5.56 Å². The van der Waals surface area contributed by atoms with Crippen molar-refractivity contribution < 1.29 is 19.4 Å². The van der Waals surface area contributed by atoms with Crippen molar-refractivity contribution in [1.29, 1.82) is 5.26 Å². The van der Waals surface area contributed by atoms with Crippen molar-refractivity contribution in [1.82, 2.24) is 15.0 Å². The second-order valence-corrected chi connectivity index (χ2v) is 9.68. The third kappa shape index (κ3) is 4.66. The van der Waals surface area contributed by atoms with Crippen LogP contribution in [0.15, 0.2) is 24.3 Å². The van der Waals surface area contributed by atoms with E-state index < -0.39 is 5.97 Å². The van der Waals surface area contributed by atoms with Crippen molar-refractivity contribution in [2.24, 2.45) is 17.8 Å². The highest BCUT2D eigenvalue weighted by Crippen LogP contribution is 2.39. The van der Waals surface area contributed by atoms with Crippen molar-refractivity contribution in [3.8, 4) is 29.1 Å². The Kier molecular flexibility index (Phi) is 6.05. The molecule has 0 spiro atoms. The number of nitrogens with zero attached hydrogens (tertiary/aromatic N) is 3. The van der Waals surface area contributed by atoms with Crippen molar-refractivity contribution in [2.45, 2.75) is 45.1 Å². The summed E-state index contributed by atoms with van der Waals surface area (Å²) in [6.07, 6.45) is 3.59. The maximum absolute atomic E-state index is 11.1. The summed E-state index contributed by atoms with van der Waals surface area (Å²) in [5, 5.41) is 19.2. The maximum Gasteiger partial charge on any atom is 0.306 e. The molecule has 2 aliphatic carbocycles. The summed E-state index contributed by atoms with van der Waals surface area (Å²) in [4.78, 5) is 23.3. The van der Waals surface area contributed by atoms with Gasteiger partial charge in [-0.25, -0.2) is 4.98 Å². The van der Waals surface area contributed by atoms with Crippen LogP contribution in [0.3, 0.4) is 0 Å². The highest BCUT2D eigenvalue weighted by Gasteiger charge is 2.33. The maximum atomic E-state index is 11.1. The Balaban J connectivity index is 1.33. The molecule has 0 aliphatic heterocycles. The number of aromatic nitrogens is 3. The number of carboxylic acid groups (broad SMARTS) is 1. The average Bonchev–Trinajstić information content (AvgIpc) is 3.40. The molecule has 0 radical (unpaired) electrons. The molecule has 2 saturated carbocycles. The van der Waals surface area contributed by atoms with Gasteiger partial charge in [0.15, 0.2) is 5.65 Å². The lowest BCUT2D eigenvalue weighted by Crippen LogP contribution is -2.28. The summed E-state index contributed by atoms with van der Waals surface area (Å²) in [5.74, 6) is 0.766. The monoisotopic (exact) mass is 480 g/mol. The third-order valence-electron chi connectivity index (χ3n) is 6.81. The van der Waals surface area contributed by atoms with Gasteiger partial charge in [0.05, 0.1) is 34.3 Å². The molecule has 2 aliphatic rings. The number of ether oxygens (including phenoxy) is 2. The molecule has 176 valence electrons. The second-order valence-electron chi connectivity index (χ2n) is 9.27. The quantitative estimate of drug-likeness (QED) is 0.476.